The van der Waals surface area contributed by atoms with E-state index in [1.807, 2.05) is 12.1 Å². The molecule has 7 nitrogen and oxygen atoms in total. The van der Waals surface area contributed by atoms with Crippen LogP contribution in [-0.4, -0.2) is 33.3 Å². The van der Waals surface area contributed by atoms with Gasteiger partial charge in [-0.05, 0) is 37.3 Å². The maximum Gasteiger partial charge on any atom is 0.321 e. The van der Waals surface area contributed by atoms with Crippen molar-refractivity contribution in [2.45, 2.75) is 63.7 Å². The van der Waals surface area contributed by atoms with Gasteiger partial charge in [0.15, 0.2) is 5.16 Å². The highest BCUT2D eigenvalue weighted by molar-refractivity contribution is 7.99. The number of carbonyl (C=O) groups is 2. The number of aromatic nitrogens is 2. The van der Waals surface area contributed by atoms with Gasteiger partial charge in [-0.1, -0.05) is 50.6 Å². The predicted octanol–water partition coefficient (Wildman–Crippen LogP) is 3.30. The zero-order chi connectivity index (χ0) is 20.8. The van der Waals surface area contributed by atoms with Gasteiger partial charge in [-0.15, -0.1) is 0 Å². The van der Waals surface area contributed by atoms with Crippen LogP contribution in [0, 0.1) is 5.92 Å². The van der Waals surface area contributed by atoms with Gasteiger partial charge in [0.25, 0.3) is 5.56 Å². The number of imide groups is 1. The third-order valence-electron chi connectivity index (χ3n) is 5.03. The van der Waals surface area contributed by atoms with Crippen LogP contribution >= 0.6 is 11.8 Å². The molecule has 29 heavy (non-hydrogen) atoms. The van der Waals surface area contributed by atoms with E-state index in [1.165, 1.54) is 11.8 Å². The average Bonchev–Trinajstić information content (AvgIpc) is 3.18. The van der Waals surface area contributed by atoms with E-state index >= 15 is 0 Å². The van der Waals surface area contributed by atoms with Crippen LogP contribution in [0.5, 0.6) is 0 Å². The van der Waals surface area contributed by atoms with Crippen molar-refractivity contribution in [1.82, 2.24) is 20.2 Å². The summed E-state index contributed by atoms with van der Waals surface area (Å²) < 4.78 is 1.64. The Balaban J connectivity index is 1.69. The summed E-state index contributed by atoms with van der Waals surface area (Å²) >= 11 is 1.18. The van der Waals surface area contributed by atoms with Crippen LogP contribution in [0.25, 0.3) is 10.9 Å². The zero-order valence-corrected chi connectivity index (χ0v) is 17.8. The van der Waals surface area contributed by atoms with Gasteiger partial charge >= 0.3 is 6.03 Å². The molecule has 1 aliphatic rings. The second-order valence-electron chi connectivity index (χ2n) is 7.84. The lowest BCUT2D eigenvalue weighted by Crippen LogP contribution is -2.44. The smallest absolute Gasteiger partial charge is 0.321 e. The summed E-state index contributed by atoms with van der Waals surface area (Å²) in [6.45, 7) is 4.74. The lowest BCUT2D eigenvalue weighted by molar-refractivity contribution is -0.117. The van der Waals surface area contributed by atoms with Gasteiger partial charge < -0.3 is 5.32 Å². The normalized spacial score (nSPS) is 14.4. The largest absolute Gasteiger partial charge is 0.335 e. The highest BCUT2D eigenvalue weighted by atomic mass is 32.2. The summed E-state index contributed by atoms with van der Waals surface area (Å²) in [6, 6.07) is 6.92. The van der Waals surface area contributed by atoms with E-state index in [2.05, 4.69) is 29.5 Å². The van der Waals surface area contributed by atoms with Crippen LogP contribution in [0.15, 0.2) is 34.2 Å². The summed E-state index contributed by atoms with van der Waals surface area (Å²) in [7, 11) is 0. The van der Waals surface area contributed by atoms with Crippen molar-refractivity contribution in [2.75, 3.05) is 5.75 Å². The van der Waals surface area contributed by atoms with Gasteiger partial charge in [-0.2, -0.15) is 0 Å². The zero-order valence-electron chi connectivity index (χ0n) is 16.9. The minimum atomic E-state index is -0.453. The molecule has 1 heterocycles. The first kappa shape index (κ1) is 21.4. The fourth-order valence-electron chi connectivity index (χ4n) is 3.43. The maximum absolute atomic E-state index is 12.9. The Bertz CT molecular complexity index is 935. The second kappa shape index (κ2) is 9.91. The molecule has 156 valence electrons. The summed E-state index contributed by atoms with van der Waals surface area (Å²) in [5.41, 5.74) is 0.512. The number of amides is 3. The number of fused-ring (bicyclic) bond motifs is 1. The van der Waals surface area contributed by atoms with E-state index in [4.69, 9.17) is 0 Å². The molecule has 2 aromatic rings. The molecule has 0 radical (unpaired) electrons. The van der Waals surface area contributed by atoms with Gasteiger partial charge in [0.1, 0.15) is 0 Å². The van der Waals surface area contributed by atoms with E-state index in [0.29, 0.717) is 28.5 Å². The Morgan fingerprint density at radius 3 is 2.69 bits per heavy atom. The van der Waals surface area contributed by atoms with Crippen molar-refractivity contribution in [3.8, 4) is 0 Å². The number of nitrogens with zero attached hydrogens (tertiary/aromatic N) is 2. The molecule has 2 N–H and O–H groups in total. The lowest BCUT2D eigenvalue weighted by atomic mass is 10.1. The van der Waals surface area contributed by atoms with Crippen molar-refractivity contribution in [3.63, 3.8) is 0 Å². The molecule has 1 saturated carbocycles. The van der Waals surface area contributed by atoms with Crippen LogP contribution in [0.4, 0.5) is 4.79 Å². The van der Waals surface area contributed by atoms with Crippen molar-refractivity contribution >= 4 is 34.6 Å². The quantitative estimate of drug-likeness (QED) is 0.534. The van der Waals surface area contributed by atoms with Crippen LogP contribution < -0.4 is 16.2 Å². The third-order valence-corrected chi connectivity index (χ3v) is 6.01. The highest BCUT2D eigenvalue weighted by Gasteiger charge is 2.19. The topological polar surface area (TPSA) is 93.1 Å². The van der Waals surface area contributed by atoms with Crippen molar-refractivity contribution < 1.29 is 9.59 Å². The second-order valence-corrected chi connectivity index (χ2v) is 8.79. The van der Waals surface area contributed by atoms with Gasteiger partial charge in [-0.25, -0.2) is 9.78 Å². The molecule has 0 aliphatic heterocycles. The first-order valence-electron chi connectivity index (χ1n) is 10.2. The minimum Gasteiger partial charge on any atom is -0.335 e. The molecule has 8 heteroatoms. The molecule has 1 aromatic carbocycles. The van der Waals surface area contributed by atoms with Crippen LogP contribution in [-0.2, 0) is 11.3 Å². The molecule has 0 unspecified atom stereocenters. The van der Waals surface area contributed by atoms with Gasteiger partial charge in [0.05, 0.1) is 16.7 Å². The van der Waals surface area contributed by atoms with E-state index in [0.717, 1.165) is 32.1 Å². The molecule has 0 atom stereocenters. The van der Waals surface area contributed by atoms with E-state index in [-0.39, 0.29) is 17.4 Å². The number of hydrogen-bond donors (Lipinski definition) is 2. The molecule has 0 saturated heterocycles. The van der Waals surface area contributed by atoms with Crippen LogP contribution in [0.2, 0.25) is 0 Å². The highest BCUT2D eigenvalue weighted by Crippen LogP contribution is 2.19. The fourth-order valence-corrected chi connectivity index (χ4v) is 4.25. The minimum absolute atomic E-state index is 0.0184. The number of hydrogen-bond acceptors (Lipinski definition) is 5. The Morgan fingerprint density at radius 1 is 1.24 bits per heavy atom. The summed E-state index contributed by atoms with van der Waals surface area (Å²) in [5.74, 6) is 0.0574. The number of nitrogens with one attached hydrogen (secondary N) is 2. The monoisotopic (exact) mass is 416 g/mol. The SMILES string of the molecule is CC(C)CCn1c(SCC(=O)NC(=O)NC2CCCC2)nc2ccccc2c1=O. The molecule has 1 aliphatic carbocycles. The number of urea groups is 1. The Labute approximate surface area is 174 Å². The average molecular weight is 417 g/mol. The first-order chi connectivity index (χ1) is 13.9. The van der Waals surface area contributed by atoms with Gasteiger partial charge in [0, 0.05) is 12.6 Å². The lowest BCUT2D eigenvalue weighted by Gasteiger charge is -2.14. The molecule has 1 fully saturated rings. The van der Waals surface area contributed by atoms with Crippen molar-refractivity contribution in [3.05, 3.63) is 34.6 Å². The molecule has 3 rings (SSSR count). The first-order valence-corrected chi connectivity index (χ1v) is 11.2. The maximum atomic E-state index is 12.9. The summed E-state index contributed by atoms with van der Waals surface area (Å²) in [4.78, 5) is 41.7. The number of thioether (sulfide) groups is 1. The van der Waals surface area contributed by atoms with Gasteiger partial charge in [-0.3, -0.25) is 19.5 Å². The van der Waals surface area contributed by atoms with Gasteiger partial charge in [0.2, 0.25) is 5.91 Å². The number of para-hydroxylation sites is 1. The van der Waals surface area contributed by atoms with Crippen LogP contribution in [0.3, 0.4) is 0 Å². The molecule has 1 aromatic heterocycles. The number of rotatable bonds is 7. The molecule has 0 bridgehead atoms. The fraction of sp³-hybridized carbons (Fsp3) is 0.524. The number of carbonyl (C=O) groups excluding carboxylic acids is 2. The standard InChI is InChI=1S/C21H28N4O3S/c1-14(2)11-12-25-19(27)16-9-5-6-10-17(16)23-21(25)29-13-18(26)24-20(28)22-15-7-3-4-8-15/h5-6,9-10,14-15H,3-4,7-8,11-13H2,1-2H3,(H2,22,24,26,28). The van der Waals surface area contributed by atoms with Crippen molar-refractivity contribution in [2.24, 2.45) is 5.92 Å². The molecule has 3 amide bonds. The van der Waals surface area contributed by atoms with E-state index in [1.54, 1.807) is 16.7 Å². The summed E-state index contributed by atoms with van der Waals surface area (Å²) in [5, 5.41) is 6.28. The Morgan fingerprint density at radius 2 is 1.97 bits per heavy atom. The van der Waals surface area contributed by atoms with E-state index in [9.17, 15) is 14.4 Å². The number of benzene rings is 1. The Hall–Kier alpha value is -2.35. The van der Waals surface area contributed by atoms with Crippen molar-refractivity contribution in [1.29, 1.82) is 0 Å². The van der Waals surface area contributed by atoms with Crippen LogP contribution in [0.1, 0.15) is 46.0 Å². The molecular weight excluding hydrogens is 388 g/mol. The Kier molecular flexibility index (Phi) is 7.30. The molecular formula is C21H28N4O3S. The third kappa shape index (κ3) is 5.82. The molecule has 0 spiro atoms. The van der Waals surface area contributed by atoms with E-state index < -0.39 is 11.9 Å². The predicted molar refractivity (Wildman–Crippen MR) is 115 cm³/mol. The summed E-state index contributed by atoms with van der Waals surface area (Å²) in [6.07, 6.45) is 4.97.